The Labute approximate surface area is 135 Å². The Balaban J connectivity index is 2.46. The first-order valence-electron chi connectivity index (χ1n) is 6.55. The Bertz CT molecular complexity index is 693. The van der Waals surface area contributed by atoms with E-state index in [0.717, 1.165) is 0 Å². The number of rotatable bonds is 4. The van der Waals surface area contributed by atoms with Crippen molar-refractivity contribution in [1.29, 1.82) is 0 Å². The Morgan fingerprint density at radius 2 is 2.18 bits per heavy atom. The highest BCUT2D eigenvalue weighted by molar-refractivity contribution is 9.10. The van der Waals surface area contributed by atoms with Crippen molar-refractivity contribution in [3.8, 4) is 11.5 Å². The van der Waals surface area contributed by atoms with Gasteiger partial charge in [0.25, 0.3) is 0 Å². The molecule has 7 heteroatoms. The van der Waals surface area contributed by atoms with E-state index in [9.17, 15) is 9.59 Å². The third-order valence-electron chi connectivity index (χ3n) is 2.76. The summed E-state index contributed by atoms with van der Waals surface area (Å²) in [6, 6.07) is 3.39. The fraction of sp³-hybridized carbons (Fsp3) is 0.267. The first kappa shape index (κ1) is 16.2. The number of benzene rings is 1. The standard InChI is InChI=1S/C15H14BrNO5/c1-4-20-13-7-10(5-11-8(2)17-22-15(11)19)6-12(16)14(13)21-9(3)18/h5-7H,4H2,1-3H3/b11-5-. The number of ether oxygens (including phenoxy) is 2. The van der Waals surface area contributed by atoms with Crippen molar-refractivity contribution in [2.75, 3.05) is 6.61 Å². The molecule has 0 saturated carbocycles. The first-order chi connectivity index (χ1) is 10.4. The van der Waals surface area contributed by atoms with Crippen molar-refractivity contribution < 1.29 is 23.9 Å². The van der Waals surface area contributed by atoms with Crippen LogP contribution in [0.25, 0.3) is 6.08 Å². The summed E-state index contributed by atoms with van der Waals surface area (Å²) < 4.78 is 11.2. The lowest BCUT2D eigenvalue weighted by atomic mass is 10.1. The zero-order valence-electron chi connectivity index (χ0n) is 12.3. The number of carbonyl (C=O) groups excluding carboxylic acids is 2. The van der Waals surface area contributed by atoms with Crippen LogP contribution in [0.4, 0.5) is 0 Å². The van der Waals surface area contributed by atoms with Gasteiger partial charge in [0.1, 0.15) is 0 Å². The first-order valence-corrected chi connectivity index (χ1v) is 7.34. The van der Waals surface area contributed by atoms with Crippen molar-refractivity contribution in [3.63, 3.8) is 0 Å². The van der Waals surface area contributed by atoms with Crippen LogP contribution in [0.15, 0.2) is 27.3 Å². The van der Waals surface area contributed by atoms with Gasteiger partial charge in [-0.1, -0.05) is 5.16 Å². The molecule has 0 saturated heterocycles. The Kier molecular flexibility index (Phi) is 4.97. The second kappa shape index (κ2) is 6.74. The molecular formula is C15H14BrNO5. The van der Waals surface area contributed by atoms with Crippen LogP contribution >= 0.6 is 15.9 Å². The monoisotopic (exact) mass is 367 g/mol. The van der Waals surface area contributed by atoms with Gasteiger partial charge in [0.05, 0.1) is 22.4 Å². The second-order valence-electron chi connectivity index (χ2n) is 4.47. The van der Waals surface area contributed by atoms with Crippen LogP contribution in [0.1, 0.15) is 26.3 Å². The smallest absolute Gasteiger partial charge is 0.367 e. The molecule has 116 valence electrons. The zero-order chi connectivity index (χ0) is 16.3. The van der Waals surface area contributed by atoms with E-state index in [1.807, 2.05) is 6.92 Å². The molecule has 2 rings (SSSR count). The zero-order valence-corrected chi connectivity index (χ0v) is 13.9. The Hall–Kier alpha value is -2.15. The maximum Gasteiger partial charge on any atom is 0.367 e. The summed E-state index contributed by atoms with van der Waals surface area (Å²) in [5, 5.41) is 3.62. The largest absolute Gasteiger partial charge is 0.490 e. The molecule has 1 heterocycles. The predicted molar refractivity (Wildman–Crippen MR) is 83.8 cm³/mol. The molecule has 0 bridgehead atoms. The minimum atomic E-state index is -0.504. The fourth-order valence-corrected chi connectivity index (χ4v) is 2.40. The number of carbonyl (C=O) groups is 2. The number of hydrogen-bond acceptors (Lipinski definition) is 6. The lowest BCUT2D eigenvalue weighted by molar-refractivity contribution is -0.136. The second-order valence-corrected chi connectivity index (χ2v) is 5.32. The third-order valence-corrected chi connectivity index (χ3v) is 3.35. The number of halogens is 1. The van der Waals surface area contributed by atoms with E-state index in [2.05, 4.69) is 25.9 Å². The highest BCUT2D eigenvalue weighted by atomic mass is 79.9. The van der Waals surface area contributed by atoms with Gasteiger partial charge in [-0.2, -0.15) is 0 Å². The number of nitrogens with zero attached hydrogens (tertiary/aromatic N) is 1. The molecule has 0 aromatic heterocycles. The number of hydrogen-bond donors (Lipinski definition) is 0. The Morgan fingerprint density at radius 1 is 1.45 bits per heavy atom. The van der Waals surface area contributed by atoms with E-state index in [4.69, 9.17) is 9.47 Å². The molecule has 1 aliphatic heterocycles. The highest BCUT2D eigenvalue weighted by Gasteiger charge is 2.22. The molecule has 22 heavy (non-hydrogen) atoms. The van der Waals surface area contributed by atoms with E-state index in [1.54, 1.807) is 25.1 Å². The number of oxime groups is 1. The van der Waals surface area contributed by atoms with Crippen molar-refractivity contribution in [3.05, 3.63) is 27.7 Å². The summed E-state index contributed by atoms with van der Waals surface area (Å²) in [6.45, 7) is 5.22. The summed E-state index contributed by atoms with van der Waals surface area (Å²) in [5.74, 6) is -0.249. The van der Waals surface area contributed by atoms with E-state index in [1.165, 1.54) is 6.92 Å². The van der Waals surface area contributed by atoms with Gasteiger partial charge in [-0.15, -0.1) is 0 Å². The average molecular weight is 368 g/mol. The fourth-order valence-electron chi connectivity index (χ4n) is 1.86. The van der Waals surface area contributed by atoms with Crippen LogP contribution in [-0.4, -0.2) is 24.3 Å². The lowest BCUT2D eigenvalue weighted by Crippen LogP contribution is -2.05. The van der Waals surface area contributed by atoms with Crippen LogP contribution in [0.5, 0.6) is 11.5 Å². The minimum absolute atomic E-state index is 0.302. The van der Waals surface area contributed by atoms with Gasteiger partial charge >= 0.3 is 11.9 Å². The van der Waals surface area contributed by atoms with Crippen LogP contribution in [0.3, 0.4) is 0 Å². The van der Waals surface area contributed by atoms with E-state index >= 15 is 0 Å². The normalized spacial score (nSPS) is 15.5. The molecular weight excluding hydrogens is 354 g/mol. The third kappa shape index (κ3) is 3.54. The molecule has 0 unspecified atom stereocenters. The molecule has 0 amide bonds. The van der Waals surface area contributed by atoms with Gasteiger partial charge in [0.15, 0.2) is 11.5 Å². The van der Waals surface area contributed by atoms with Crippen molar-refractivity contribution in [2.45, 2.75) is 20.8 Å². The van der Waals surface area contributed by atoms with Gasteiger partial charge in [-0.05, 0) is 53.5 Å². The quantitative estimate of drug-likeness (QED) is 0.353. The van der Waals surface area contributed by atoms with E-state index in [0.29, 0.717) is 39.4 Å². The topological polar surface area (TPSA) is 74.2 Å². The average Bonchev–Trinajstić information content (AvgIpc) is 2.74. The van der Waals surface area contributed by atoms with Crippen LogP contribution in [0.2, 0.25) is 0 Å². The summed E-state index contributed by atoms with van der Waals surface area (Å²) in [7, 11) is 0. The molecule has 1 aromatic rings. The van der Waals surface area contributed by atoms with Crippen molar-refractivity contribution in [2.24, 2.45) is 5.16 Å². The molecule has 0 atom stereocenters. The van der Waals surface area contributed by atoms with E-state index in [-0.39, 0.29) is 0 Å². The van der Waals surface area contributed by atoms with Gasteiger partial charge in [0, 0.05) is 6.92 Å². The molecule has 0 radical (unpaired) electrons. The van der Waals surface area contributed by atoms with Crippen LogP contribution in [0, 0.1) is 0 Å². The summed E-state index contributed by atoms with van der Waals surface area (Å²) >= 11 is 3.34. The molecule has 0 fully saturated rings. The Morgan fingerprint density at radius 3 is 2.73 bits per heavy atom. The molecule has 0 aliphatic carbocycles. The van der Waals surface area contributed by atoms with Gasteiger partial charge < -0.3 is 14.3 Å². The van der Waals surface area contributed by atoms with Crippen LogP contribution < -0.4 is 9.47 Å². The van der Waals surface area contributed by atoms with Gasteiger partial charge in [-0.25, -0.2) is 4.79 Å². The SMILES string of the molecule is CCOc1cc(/C=C2\C(=O)ON=C2C)cc(Br)c1OC(C)=O. The molecule has 1 aliphatic rings. The maximum atomic E-state index is 11.6. The summed E-state index contributed by atoms with van der Waals surface area (Å²) in [4.78, 5) is 27.4. The highest BCUT2D eigenvalue weighted by Crippen LogP contribution is 2.37. The van der Waals surface area contributed by atoms with E-state index < -0.39 is 11.9 Å². The summed E-state index contributed by atoms with van der Waals surface area (Å²) in [5.41, 5.74) is 1.56. The number of esters is 1. The predicted octanol–water partition coefficient (Wildman–Crippen LogP) is 3.09. The van der Waals surface area contributed by atoms with Gasteiger partial charge in [0.2, 0.25) is 0 Å². The maximum absolute atomic E-state index is 11.6. The van der Waals surface area contributed by atoms with Crippen LogP contribution in [-0.2, 0) is 14.4 Å². The molecule has 1 aromatic carbocycles. The van der Waals surface area contributed by atoms with Crippen molar-refractivity contribution >= 4 is 39.7 Å². The molecule has 6 nitrogen and oxygen atoms in total. The molecule has 0 spiro atoms. The lowest BCUT2D eigenvalue weighted by Gasteiger charge is -2.12. The summed E-state index contributed by atoms with van der Waals surface area (Å²) in [6.07, 6.45) is 1.64. The molecule has 0 N–H and O–H groups in total. The minimum Gasteiger partial charge on any atom is -0.490 e. The van der Waals surface area contributed by atoms with Crippen molar-refractivity contribution in [1.82, 2.24) is 0 Å². The van der Waals surface area contributed by atoms with Gasteiger partial charge in [-0.3, -0.25) is 4.79 Å².